The molecule has 0 saturated heterocycles. The molecule has 0 saturated carbocycles. The van der Waals surface area contributed by atoms with Crippen LogP contribution in [0.2, 0.25) is 0 Å². The van der Waals surface area contributed by atoms with Gasteiger partial charge in [0.05, 0.1) is 0 Å². The Morgan fingerprint density at radius 3 is 2.79 bits per heavy atom. The van der Waals surface area contributed by atoms with Crippen molar-refractivity contribution < 1.29 is 13.9 Å². The fraction of sp³-hybridized carbons (Fsp3) is 0.200. The van der Waals surface area contributed by atoms with E-state index in [4.69, 9.17) is 9.47 Å². The molecule has 0 fully saturated rings. The lowest BCUT2D eigenvalue weighted by molar-refractivity contribution is 0.207. The summed E-state index contributed by atoms with van der Waals surface area (Å²) < 4.78 is 25.0. The lowest BCUT2D eigenvalue weighted by Gasteiger charge is -2.17. The molecule has 19 heavy (non-hydrogen) atoms. The van der Waals surface area contributed by atoms with Crippen molar-refractivity contribution in [3.05, 3.63) is 53.8 Å². The van der Waals surface area contributed by atoms with E-state index >= 15 is 0 Å². The van der Waals surface area contributed by atoms with Crippen LogP contribution in [0.1, 0.15) is 11.7 Å². The molecule has 0 spiro atoms. The number of ether oxygens (including phenoxy) is 2. The molecular weight excluding hydrogens is 245 g/mol. The maximum atomic E-state index is 13.3. The fourth-order valence-corrected chi connectivity index (χ4v) is 2.17. The van der Waals surface area contributed by atoms with Crippen LogP contribution in [0.5, 0.6) is 17.2 Å². The Hall–Kier alpha value is -2.07. The molecular formula is C15H14FNO2. The standard InChI is InChI=1S/C15H14FNO2/c1-17-9-15-11-4-2-3-5-12(11)18-14-8-10(16)6-7-13(14)19-15/h2-8,15,17H,9H2,1H3. The highest BCUT2D eigenvalue weighted by Gasteiger charge is 2.24. The Labute approximate surface area is 111 Å². The van der Waals surface area contributed by atoms with Crippen LogP contribution in [0.15, 0.2) is 42.5 Å². The van der Waals surface area contributed by atoms with Crippen molar-refractivity contribution in [3.8, 4) is 17.2 Å². The molecule has 1 N–H and O–H groups in total. The van der Waals surface area contributed by atoms with Crippen molar-refractivity contribution in [1.29, 1.82) is 0 Å². The lowest BCUT2D eigenvalue weighted by Crippen LogP contribution is -2.21. The molecule has 0 aliphatic carbocycles. The van der Waals surface area contributed by atoms with E-state index < -0.39 is 0 Å². The zero-order chi connectivity index (χ0) is 13.2. The quantitative estimate of drug-likeness (QED) is 0.897. The van der Waals surface area contributed by atoms with Crippen LogP contribution in [0.3, 0.4) is 0 Å². The van der Waals surface area contributed by atoms with Gasteiger partial charge >= 0.3 is 0 Å². The zero-order valence-electron chi connectivity index (χ0n) is 10.5. The predicted octanol–water partition coefficient (Wildman–Crippen LogP) is 3.27. The molecule has 4 heteroatoms. The molecule has 0 radical (unpaired) electrons. The van der Waals surface area contributed by atoms with E-state index in [-0.39, 0.29) is 11.9 Å². The molecule has 2 aromatic carbocycles. The molecule has 1 atom stereocenters. The summed E-state index contributed by atoms with van der Waals surface area (Å²) in [6, 6.07) is 12.0. The molecule has 3 nitrogen and oxygen atoms in total. The fourth-order valence-electron chi connectivity index (χ4n) is 2.17. The molecule has 1 aliphatic rings. The molecule has 0 amide bonds. The summed E-state index contributed by atoms with van der Waals surface area (Å²) >= 11 is 0. The second-order valence-corrected chi connectivity index (χ2v) is 4.40. The predicted molar refractivity (Wildman–Crippen MR) is 70.2 cm³/mol. The number of hydrogen-bond donors (Lipinski definition) is 1. The summed E-state index contributed by atoms with van der Waals surface area (Å²) in [5, 5.41) is 3.09. The normalized spacial score (nSPS) is 16.6. The van der Waals surface area contributed by atoms with Crippen molar-refractivity contribution in [3.63, 3.8) is 0 Å². The number of para-hydroxylation sites is 1. The van der Waals surface area contributed by atoms with Gasteiger partial charge in [-0.15, -0.1) is 0 Å². The highest BCUT2D eigenvalue weighted by atomic mass is 19.1. The van der Waals surface area contributed by atoms with Crippen LogP contribution in [0.4, 0.5) is 4.39 Å². The largest absolute Gasteiger partial charge is 0.480 e. The highest BCUT2D eigenvalue weighted by molar-refractivity contribution is 5.48. The van der Waals surface area contributed by atoms with Crippen molar-refractivity contribution in [2.24, 2.45) is 0 Å². The van der Waals surface area contributed by atoms with E-state index in [9.17, 15) is 4.39 Å². The third-order valence-electron chi connectivity index (χ3n) is 3.05. The summed E-state index contributed by atoms with van der Waals surface area (Å²) in [4.78, 5) is 0. The molecule has 1 heterocycles. The van der Waals surface area contributed by atoms with Gasteiger partial charge in [0.1, 0.15) is 17.7 Å². The number of likely N-dealkylation sites (N-methyl/N-ethyl adjacent to an activating group) is 1. The number of benzene rings is 2. The molecule has 1 aliphatic heterocycles. The Bertz CT molecular complexity index is 600. The third-order valence-corrected chi connectivity index (χ3v) is 3.05. The van der Waals surface area contributed by atoms with Crippen molar-refractivity contribution in [2.45, 2.75) is 6.10 Å². The number of halogens is 1. The average molecular weight is 259 g/mol. The molecule has 98 valence electrons. The second-order valence-electron chi connectivity index (χ2n) is 4.40. The summed E-state index contributed by atoms with van der Waals surface area (Å²) in [6.07, 6.45) is -0.159. The minimum atomic E-state index is -0.341. The topological polar surface area (TPSA) is 30.5 Å². The lowest BCUT2D eigenvalue weighted by atomic mass is 10.1. The van der Waals surface area contributed by atoms with Crippen LogP contribution < -0.4 is 14.8 Å². The molecule has 2 aromatic rings. The molecule has 1 unspecified atom stereocenters. The average Bonchev–Trinajstić information content (AvgIpc) is 2.56. The number of fused-ring (bicyclic) bond motifs is 2. The number of rotatable bonds is 2. The van der Waals surface area contributed by atoms with Gasteiger partial charge in [-0.2, -0.15) is 0 Å². The van der Waals surface area contributed by atoms with Crippen LogP contribution in [0.25, 0.3) is 0 Å². The maximum absolute atomic E-state index is 13.3. The first kappa shape index (κ1) is 12.0. The van der Waals surface area contributed by atoms with Gasteiger partial charge in [-0.3, -0.25) is 0 Å². The first-order chi connectivity index (χ1) is 9.28. The Kier molecular flexibility index (Phi) is 3.09. The van der Waals surface area contributed by atoms with Crippen LogP contribution >= 0.6 is 0 Å². The molecule has 0 bridgehead atoms. The molecule has 0 aromatic heterocycles. The van der Waals surface area contributed by atoms with Gasteiger partial charge in [0, 0.05) is 18.2 Å². The van der Waals surface area contributed by atoms with Gasteiger partial charge in [0.25, 0.3) is 0 Å². The van der Waals surface area contributed by atoms with E-state index in [1.165, 1.54) is 12.1 Å². The Morgan fingerprint density at radius 1 is 1.11 bits per heavy atom. The highest BCUT2D eigenvalue weighted by Crippen LogP contribution is 2.41. The van der Waals surface area contributed by atoms with Gasteiger partial charge in [-0.25, -0.2) is 4.39 Å². The monoisotopic (exact) mass is 259 g/mol. The van der Waals surface area contributed by atoms with E-state index in [0.717, 1.165) is 5.56 Å². The number of nitrogens with one attached hydrogen (secondary N) is 1. The van der Waals surface area contributed by atoms with Crippen molar-refractivity contribution in [1.82, 2.24) is 5.32 Å². The van der Waals surface area contributed by atoms with E-state index in [2.05, 4.69) is 5.32 Å². The van der Waals surface area contributed by atoms with Gasteiger partial charge < -0.3 is 14.8 Å². The van der Waals surface area contributed by atoms with E-state index in [1.54, 1.807) is 6.07 Å². The third kappa shape index (κ3) is 2.27. The zero-order valence-corrected chi connectivity index (χ0v) is 10.5. The van der Waals surface area contributed by atoms with Crippen LogP contribution in [-0.2, 0) is 0 Å². The summed E-state index contributed by atoms with van der Waals surface area (Å²) in [7, 11) is 1.86. The first-order valence-electron chi connectivity index (χ1n) is 6.15. The SMILES string of the molecule is CNCC1Oc2ccc(F)cc2Oc2ccccc21. The smallest absolute Gasteiger partial charge is 0.172 e. The maximum Gasteiger partial charge on any atom is 0.172 e. The molecule has 3 rings (SSSR count). The van der Waals surface area contributed by atoms with Crippen molar-refractivity contribution >= 4 is 0 Å². The van der Waals surface area contributed by atoms with Gasteiger partial charge in [0.15, 0.2) is 11.5 Å². The minimum absolute atomic E-state index is 0.159. The second kappa shape index (κ2) is 4.90. The Balaban J connectivity index is 2.09. The summed E-state index contributed by atoms with van der Waals surface area (Å²) in [5.41, 5.74) is 0.952. The van der Waals surface area contributed by atoms with Crippen molar-refractivity contribution in [2.75, 3.05) is 13.6 Å². The number of hydrogen-bond acceptors (Lipinski definition) is 3. The summed E-state index contributed by atoms with van der Waals surface area (Å²) in [6.45, 7) is 0.650. The van der Waals surface area contributed by atoms with Crippen LogP contribution in [-0.4, -0.2) is 13.6 Å². The van der Waals surface area contributed by atoms with Gasteiger partial charge in [0.2, 0.25) is 0 Å². The Morgan fingerprint density at radius 2 is 1.95 bits per heavy atom. The van der Waals surface area contributed by atoms with Gasteiger partial charge in [-0.1, -0.05) is 18.2 Å². The summed E-state index contributed by atoms with van der Waals surface area (Å²) in [5.74, 6) is 1.32. The minimum Gasteiger partial charge on any atom is -0.480 e. The van der Waals surface area contributed by atoms with Crippen LogP contribution in [0, 0.1) is 5.82 Å². The first-order valence-corrected chi connectivity index (χ1v) is 6.15. The van der Waals surface area contributed by atoms with E-state index in [0.29, 0.717) is 23.8 Å². The van der Waals surface area contributed by atoms with Gasteiger partial charge in [-0.05, 0) is 25.2 Å². The van der Waals surface area contributed by atoms with E-state index in [1.807, 2.05) is 31.3 Å².